The number of nitrogens with zero attached hydrogens (tertiary/aromatic N) is 1. The quantitative estimate of drug-likeness (QED) is 0.835. The molecule has 3 atom stereocenters. The van der Waals surface area contributed by atoms with Crippen molar-refractivity contribution in [1.82, 2.24) is 4.90 Å². The highest BCUT2D eigenvalue weighted by atomic mass is 16.5. The molecule has 4 rings (SSSR count). The maximum Gasteiger partial charge on any atom is 0.161 e. The van der Waals surface area contributed by atoms with Crippen molar-refractivity contribution in [2.24, 2.45) is 0 Å². The van der Waals surface area contributed by atoms with Gasteiger partial charge in [0.25, 0.3) is 0 Å². The van der Waals surface area contributed by atoms with Gasteiger partial charge in [-0.2, -0.15) is 0 Å². The summed E-state index contributed by atoms with van der Waals surface area (Å²) in [6, 6.07) is 6.76. The van der Waals surface area contributed by atoms with Crippen molar-refractivity contribution < 1.29 is 14.6 Å². The Hall–Kier alpha value is -1.52. The molecule has 2 aliphatic carbocycles. The van der Waals surface area contributed by atoms with Gasteiger partial charge >= 0.3 is 0 Å². The maximum atomic E-state index is 10.1. The van der Waals surface area contributed by atoms with Gasteiger partial charge in [-0.15, -0.1) is 0 Å². The molecule has 2 fully saturated rings. The molecule has 0 bridgehead atoms. The second-order valence-electron chi connectivity index (χ2n) is 8.19. The van der Waals surface area contributed by atoms with Crippen LogP contribution in [0.5, 0.6) is 11.5 Å². The lowest BCUT2D eigenvalue weighted by atomic mass is 9.69. The first-order valence-electron chi connectivity index (χ1n) is 10.1. The lowest BCUT2D eigenvalue weighted by Crippen LogP contribution is -2.44. The van der Waals surface area contributed by atoms with E-state index in [0.29, 0.717) is 12.1 Å². The van der Waals surface area contributed by atoms with Gasteiger partial charge in [0, 0.05) is 11.5 Å². The van der Waals surface area contributed by atoms with Crippen LogP contribution in [0.15, 0.2) is 30.4 Å². The molecule has 1 aromatic carbocycles. The maximum absolute atomic E-state index is 10.1. The molecular formula is C22H31NO3. The van der Waals surface area contributed by atoms with Crippen LogP contribution < -0.4 is 9.47 Å². The van der Waals surface area contributed by atoms with Crippen LogP contribution >= 0.6 is 0 Å². The second kappa shape index (κ2) is 7.24. The van der Waals surface area contributed by atoms with Crippen LogP contribution in [0.3, 0.4) is 0 Å². The fourth-order valence-electron chi connectivity index (χ4n) is 5.11. The molecule has 1 saturated heterocycles. The number of rotatable bonds is 4. The molecule has 142 valence electrons. The fourth-order valence-corrected chi connectivity index (χ4v) is 5.11. The zero-order chi connectivity index (χ0) is 18.1. The summed E-state index contributed by atoms with van der Waals surface area (Å²) in [5.41, 5.74) is 1.24. The minimum atomic E-state index is -0.343. The molecule has 26 heavy (non-hydrogen) atoms. The van der Waals surface area contributed by atoms with Crippen molar-refractivity contribution in [3.63, 3.8) is 0 Å². The standard InChI is InChI=1S/C22H31NO3/c1-23-13-12-22(11-10-17(24)15-21(22)23)16-8-9-19(25-2)20(14-16)26-18-6-4-3-5-7-18/h8-11,14,17-18,21,24H,3-7,12-13,15H2,1-2H3/t17-,21-,22-/m0/s1. The normalized spacial score (nSPS) is 32.4. The van der Waals surface area contributed by atoms with Gasteiger partial charge in [0.1, 0.15) is 0 Å². The molecule has 0 unspecified atom stereocenters. The van der Waals surface area contributed by atoms with E-state index in [-0.39, 0.29) is 11.5 Å². The summed E-state index contributed by atoms with van der Waals surface area (Å²) in [5, 5.41) is 10.1. The molecule has 3 aliphatic rings. The number of benzene rings is 1. The minimum absolute atomic E-state index is 0.0368. The molecule has 1 N–H and O–H groups in total. The Labute approximate surface area is 156 Å². The van der Waals surface area contributed by atoms with Crippen LogP contribution in [0.1, 0.15) is 50.5 Å². The van der Waals surface area contributed by atoms with Crippen molar-refractivity contribution in [2.75, 3.05) is 20.7 Å². The van der Waals surface area contributed by atoms with Crippen LogP contribution in [0, 0.1) is 0 Å². The summed E-state index contributed by atoms with van der Waals surface area (Å²) in [5.74, 6) is 1.69. The highest BCUT2D eigenvalue weighted by Gasteiger charge is 2.48. The minimum Gasteiger partial charge on any atom is -0.493 e. The average molecular weight is 357 g/mol. The van der Waals surface area contributed by atoms with E-state index < -0.39 is 0 Å². The lowest BCUT2D eigenvalue weighted by Gasteiger charge is -2.40. The molecule has 0 spiro atoms. The van der Waals surface area contributed by atoms with Gasteiger partial charge in [0.15, 0.2) is 11.5 Å². The number of hydrogen-bond acceptors (Lipinski definition) is 4. The van der Waals surface area contributed by atoms with E-state index in [1.165, 1.54) is 24.8 Å². The monoisotopic (exact) mass is 357 g/mol. The van der Waals surface area contributed by atoms with Crippen molar-refractivity contribution in [3.8, 4) is 11.5 Å². The van der Waals surface area contributed by atoms with Gasteiger partial charge in [-0.1, -0.05) is 24.6 Å². The first kappa shape index (κ1) is 17.9. The number of likely N-dealkylation sites (N-methyl/N-ethyl adjacent to an activating group) is 1. The van der Waals surface area contributed by atoms with Crippen LogP contribution in [0.25, 0.3) is 0 Å². The fraction of sp³-hybridized carbons (Fsp3) is 0.636. The largest absolute Gasteiger partial charge is 0.493 e. The van der Waals surface area contributed by atoms with Gasteiger partial charge in [0.05, 0.1) is 19.3 Å². The summed E-state index contributed by atoms with van der Waals surface area (Å²) in [6.07, 6.45) is 12.1. The molecule has 0 amide bonds. The van der Waals surface area contributed by atoms with E-state index in [9.17, 15) is 5.11 Å². The SMILES string of the molecule is COc1ccc([C@@]23C=C[C@H](O)C[C@@H]2N(C)CC3)cc1OC1CCCCC1. The molecule has 4 nitrogen and oxygen atoms in total. The number of hydrogen-bond donors (Lipinski definition) is 1. The number of methoxy groups -OCH3 is 1. The van der Waals surface area contributed by atoms with Gasteiger partial charge < -0.3 is 19.5 Å². The molecule has 1 aliphatic heterocycles. The van der Waals surface area contributed by atoms with E-state index in [0.717, 1.165) is 43.7 Å². The van der Waals surface area contributed by atoms with Gasteiger partial charge in [-0.3, -0.25) is 0 Å². The first-order chi connectivity index (χ1) is 12.6. The Bertz CT molecular complexity index is 667. The molecule has 0 radical (unpaired) electrons. The Balaban J connectivity index is 1.68. The summed E-state index contributed by atoms with van der Waals surface area (Å²) in [6.45, 7) is 1.05. The van der Waals surface area contributed by atoms with Gasteiger partial charge in [-0.05, 0) is 69.8 Å². The Kier molecular flexibility index (Phi) is 4.98. The summed E-state index contributed by atoms with van der Waals surface area (Å²) < 4.78 is 12.0. The van der Waals surface area contributed by atoms with E-state index in [4.69, 9.17) is 9.47 Å². The van der Waals surface area contributed by atoms with E-state index in [2.05, 4.69) is 36.2 Å². The molecule has 1 heterocycles. The summed E-state index contributed by atoms with van der Waals surface area (Å²) >= 11 is 0. The Morgan fingerprint density at radius 1 is 1.15 bits per heavy atom. The van der Waals surface area contributed by atoms with Crippen molar-refractivity contribution in [1.29, 1.82) is 0 Å². The summed E-state index contributed by atoms with van der Waals surface area (Å²) in [4.78, 5) is 2.39. The number of aliphatic hydroxyl groups is 1. The number of ether oxygens (including phenoxy) is 2. The smallest absolute Gasteiger partial charge is 0.161 e. The number of likely N-dealkylation sites (tertiary alicyclic amines) is 1. The molecule has 1 saturated carbocycles. The zero-order valence-electron chi connectivity index (χ0n) is 16.0. The Morgan fingerprint density at radius 3 is 2.73 bits per heavy atom. The third-order valence-electron chi connectivity index (χ3n) is 6.63. The van der Waals surface area contributed by atoms with Crippen LogP contribution in [-0.4, -0.2) is 49.0 Å². The predicted octanol–water partition coefficient (Wildman–Crippen LogP) is 3.67. The van der Waals surface area contributed by atoms with Crippen LogP contribution in [0.2, 0.25) is 0 Å². The molecule has 1 aromatic rings. The second-order valence-corrected chi connectivity index (χ2v) is 8.19. The summed E-state index contributed by atoms with van der Waals surface area (Å²) in [7, 11) is 3.88. The van der Waals surface area contributed by atoms with Crippen LogP contribution in [-0.2, 0) is 5.41 Å². The van der Waals surface area contributed by atoms with Crippen molar-refractivity contribution >= 4 is 0 Å². The highest BCUT2D eigenvalue weighted by molar-refractivity contribution is 5.49. The third kappa shape index (κ3) is 3.14. The number of aliphatic hydroxyl groups excluding tert-OH is 1. The Morgan fingerprint density at radius 2 is 1.96 bits per heavy atom. The number of fused-ring (bicyclic) bond motifs is 1. The third-order valence-corrected chi connectivity index (χ3v) is 6.63. The van der Waals surface area contributed by atoms with Gasteiger partial charge in [0.2, 0.25) is 0 Å². The lowest BCUT2D eigenvalue weighted by molar-refractivity contribution is 0.136. The topological polar surface area (TPSA) is 41.9 Å². The van der Waals surface area contributed by atoms with Crippen molar-refractivity contribution in [2.45, 2.75) is 68.6 Å². The first-order valence-corrected chi connectivity index (χ1v) is 10.1. The highest BCUT2D eigenvalue weighted by Crippen LogP contribution is 2.47. The predicted molar refractivity (Wildman–Crippen MR) is 103 cm³/mol. The van der Waals surface area contributed by atoms with Gasteiger partial charge in [-0.25, -0.2) is 0 Å². The van der Waals surface area contributed by atoms with Crippen molar-refractivity contribution in [3.05, 3.63) is 35.9 Å². The molecule has 4 heteroatoms. The van der Waals surface area contributed by atoms with E-state index in [1.807, 2.05) is 6.08 Å². The van der Waals surface area contributed by atoms with E-state index >= 15 is 0 Å². The average Bonchev–Trinajstić information content (AvgIpc) is 3.00. The zero-order valence-corrected chi connectivity index (χ0v) is 16.0. The molecular weight excluding hydrogens is 326 g/mol. The van der Waals surface area contributed by atoms with Crippen LogP contribution in [0.4, 0.5) is 0 Å². The van der Waals surface area contributed by atoms with E-state index in [1.54, 1.807) is 7.11 Å². The molecule has 0 aromatic heterocycles.